The van der Waals surface area contributed by atoms with Crippen LogP contribution in [0.5, 0.6) is 0 Å². The lowest BCUT2D eigenvalue weighted by Crippen LogP contribution is -3.00. The fourth-order valence-electron chi connectivity index (χ4n) is 1.19. The predicted molar refractivity (Wildman–Crippen MR) is 61.4 cm³/mol. The van der Waals surface area contributed by atoms with Crippen LogP contribution in [0, 0.1) is 0 Å². The van der Waals surface area contributed by atoms with E-state index in [9.17, 15) is 0 Å². The summed E-state index contributed by atoms with van der Waals surface area (Å²) in [5.41, 5.74) is 6.68. The minimum absolute atomic E-state index is 0. The zero-order valence-electron chi connectivity index (χ0n) is 8.06. The molecule has 15 heavy (non-hydrogen) atoms. The Morgan fingerprint density at radius 2 is 1.40 bits per heavy atom. The molecule has 0 saturated heterocycles. The second-order valence-electron chi connectivity index (χ2n) is 2.95. The molecule has 0 radical (unpaired) electrons. The third-order valence-electron chi connectivity index (χ3n) is 1.89. The van der Waals surface area contributed by atoms with E-state index < -0.39 is 0 Å². The molecule has 0 saturated carbocycles. The summed E-state index contributed by atoms with van der Waals surface area (Å²) >= 11 is 1.69. The molecular formula is C12H11ClNS-. The molecule has 2 rings (SSSR count). The lowest BCUT2D eigenvalue weighted by atomic mass is 10.3. The van der Waals surface area contributed by atoms with Crippen molar-refractivity contribution in [3.63, 3.8) is 0 Å². The first-order valence-corrected chi connectivity index (χ1v) is 5.25. The predicted octanol–water partition coefficient (Wildman–Crippen LogP) is 0.424. The first-order chi connectivity index (χ1) is 6.86. The summed E-state index contributed by atoms with van der Waals surface area (Å²) in [6.07, 6.45) is 0. The standard InChI is InChI=1S/C12H11NS.ClH/c13-11-8-4-5-9-12(11)14-10-6-2-1-3-7-10;/h1-9H,13H2;1H/p-1. The van der Waals surface area contributed by atoms with Crippen molar-refractivity contribution < 1.29 is 12.4 Å². The number of rotatable bonds is 2. The summed E-state index contributed by atoms with van der Waals surface area (Å²) in [7, 11) is 0. The number of nitrogen functional groups attached to an aromatic ring is 1. The van der Waals surface area contributed by atoms with Crippen LogP contribution in [0.3, 0.4) is 0 Å². The maximum absolute atomic E-state index is 5.85. The van der Waals surface area contributed by atoms with Crippen molar-refractivity contribution in [2.75, 3.05) is 5.73 Å². The van der Waals surface area contributed by atoms with Gasteiger partial charge in [-0.05, 0) is 24.3 Å². The van der Waals surface area contributed by atoms with Gasteiger partial charge >= 0.3 is 0 Å². The van der Waals surface area contributed by atoms with Gasteiger partial charge in [0, 0.05) is 15.5 Å². The third-order valence-corrected chi connectivity index (χ3v) is 2.99. The molecule has 0 aromatic heterocycles. The number of nitrogens with two attached hydrogens (primary N) is 1. The molecule has 0 fully saturated rings. The molecule has 0 aliphatic heterocycles. The van der Waals surface area contributed by atoms with Crippen LogP contribution >= 0.6 is 11.8 Å². The fraction of sp³-hybridized carbons (Fsp3) is 0. The average molecular weight is 237 g/mol. The van der Waals surface area contributed by atoms with Crippen LogP contribution in [-0.4, -0.2) is 0 Å². The van der Waals surface area contributed by atoms with Crippen LogP contribution in [0.15, 0.2) is 64.4 Å². The van der Waals surface area contributed by atoms with Crippen LogP contribution in [0.1, 0.15) is 0 Å². The van der Waals surface area contributed by atoms with E-state index in [1.54, 1.807) is 11.8 Å². The highest BCUT2D eigenvalue weighted by atomic mass is 35.5. The van der Waals surface area contributed by atoms with Gasteiger partial charge in [0.2, 0.25) is 0 Å². The van der Waals surface area contributed by atoms with Gasteiger partial charge in [-0.3, -0.25) is 0 Å². The average Bonchev–Trinajstić information content (AvgIpc) is 2.23. The summed E-state index contributed by atoms with van der Waals surface area (Å²) in [4.78, 5) is 2.32. The van der Waals surface area contributed by atoms with Crippen LogP contribution in [0.25, 0.3) is 0 Å². The lowest BCUT2D eigenvalue weighted by Gasteiger charge is -2.03. The highest BCUT2D eigenvalue weighted by Crippen LogP contribution is 2.31. The summed E-state index contributed by atoms with van der Waals surface area (Å²) in [6.45, 7) is 0. The van der Waals surface area contributed by atoms with E-state index in [1.807, 2.05) is 42.5 Å². The van der Waals surface area contributed by atoms with Gasteiger partial charge in [-0.2, -0.15) is 0 Å². The summed E-state index contributed by atoms with van der Waals surface area (Å²) in [6, 6.07) is 18.1. The number of halogens is 1. The minimum atomic E-state index is 0. The molecular weight excluding hydrogens is 226 g/mol. The molecule has 0 amide bonds. The van der Waals surface area contributed by atoms with E-state index in [-0.39, 0.29) is 12.4 Å². The maximum Gasteiger partial charge on any atom is 0.0455 e. The molecule has 0 spiro atoms. The fourth-order valence-corrected chi connectivity index (χ4v) is 2.07. The zero-order chi connectivity index (χ0) is 9.80. The van der Waals surface area contributed by atoms with E-state index in [1.165, 1.54) is 4.90 Å². The van der Waals surface area contributed by atoms with Gasteiger partial charge in [0.1, 0.15) is 0 Å². The van der Waals surface area contributed by atoms with Gasteiger partial charge in [-0.25, -0.2) is 0 Å². The number of benzene rings is 2. The minimum Gasteiger partial charge on any atom is -1.00 e. The quantitative estimate of drug-likeness (QED) is 0.766. The van der Waals surface area contributed by atoms with Crippen molar-refractivity contribution in [3.05, 3.63) is 54.6 Å². The van der Waals surface area contributed by atoms with Crippen LogP contribution in [0.4, 0.5) is 5.69 Å². The van der Waals surface area contributed by atoms with Crippen molar-refractivity contribution in [1.82, 2.24) is 0 Å². The summed E-state index contributed by atoms with van der Waals surface area (Å²) in [5.74, 6) is 0. The van der Waals surface area contributed by atoms with Crippen molar-refractivity contribution in [3.8, 4) is 0 Å². The first kappa shape index (κ1) is 12.0. The van der Waals surface area contributed by atoms with Gasteiger partial charge in [0.15, 0.2) is 0 Å². The lowest BCUT2D eigenvalue weighted by molar-refractivity contribution is -0.00000277. The topological polar surface area (TPSA) is 26.0 Å². The Balaban J connectivity index is 0.00000112. The Morgan fingerprint density at radius 3 is 2.07 bits per heavy atom. The van der Waals surface area contributed by atoms with E-state index in [0.29, 0.717) is 0 Å². The molecule has 0 atom stereocenters. The zero-order valence-corrected chi connectivity index (χ0v) is 9.63. The second kappa shape index (κ2) is 5.69. The molecule has 0 unspecified atom stereocenters. The maximum atomic E-state index is 5.85. The SMILES string of the molecule is Nc1ccccc1Sc1ccccc1.[Cl-]. The Bertz CT molecular complexity index is 417. The van der Waals surface area contributed by atoms with Crippen LogP contribution in [0.2, 0.25) is 0 Å². The monoisotopic (exact) mass is 236 g/mol. The first-order valence-electron chi connectivity index (χ1n) is 4.43. The highest BCUT2D eigenvalue weighted by molar-refractivity contribution is 7.99. The Labute approximate surface area is 100 Å². The van der Waals surface area contributed by atoms with Crippen molar-refractivity contribution in [1.29, 1.82) is 0 Å². The van der Waals surface area contributed by atoms with Crippen molar-refractivity contribution >= 4 is 17.4 Å². The molecule has 0 heterocycles. The Kier molecular flexibility index (Phi) is 4.53. The largest absolute Gasteiger partial charge is 1.00 e. The number of anilines is 1. The third kappa shape index (κ3) is 3.18. The van der Waals surface area contributed by atoms with E-state index in [4.69, 9.17) is 5.73 Å². The second-order valence-corrected chi connectivity index (χ2v) is 4.07. The molecule has 0 bridgehead atoms. The molecule has 0 aliphatic rings. The molecule has 2 aromatic rings. The molecule has 2 aromatic carbocycles. The molecule has 1 nitrogen and oxygen atoms in total. The normalized spacial score (nSPS) is 9.33. The molecule has 2 N–H and O–H groups in total. The Morgan fingerprint density at radius 1 is 0.800 bits per heavy atom. The molecule has 78 valence electrons. The highest BCUT2D eigenvalue weighted by Gasteiger charge is 1.99. The molecule has 3 heteroatoms. The van der Waals surface area contributed by atoms with Crippen molar-refractivity contribution in [2.24, 2.45) is 0 Å². The van der Waals surface area contributed by atoms with E-state index >= 15 is 0 Å². The van der Waals surface area contributed by atoms with E-state index in [0.717, 1.165) is 10.6 Å². The van der Waals surface area contributed by atoms with Gasteiger partial charge < -0.3 is 18.1 Å². The van der Waals surface area contributed by atoms with E-state index in [2.05, 4.69) is 12.1 Å². The van der Waals surface area contributed by atoms with Gasteiger partial charge in [-0.15, -0.1) is 0 Å². The number of para-hydroxylation sites is 1. The number of hydrogen-bond acceptors (Lipinski definition) is 2. The Hall–Kier alpha value is -1.12. The van der Waals surface area contributed by atoms with Crippen LogP contribution in [-0.2, 0) is 0 Å². The van der Waals surface area contributed by atoms with Gasteiger partial charge in [0.05, 0.1) is 0 Å². The van der Waals surface area contributed by atoms with Gasteiger partial charge in [0.25, 0.3) is 0 Å². The number of hydrogen-bond donors (Lipinski definition) is 1. The molecule has 0 aliphatic carbocycles. The smallest absolute Gasteiger partial charge is 0.0455 e. The van der Waals surface area contributed by atoms with Crippen molar-refractivity contribution in [2.45, 2.75) is 9.79 Å². The van der Waals surface area contributed by atoms with Gasteiger partial charge in [-0.1, -0.05) is 42.1 Å². The summed E-state index contributed by atoms with van der Waals surface area (Å²) in [5, 5.41) is 0. The van der Waals surface area contributed by atoms with Crippen LogP contribution < -0.4 is 18.1 Å². The summed E-state index contributed by atoms with van der Waals surface area (Å²) < 4.78 is 0.